The zero-order valence-electron chi connectivity index (χ0n) is 19.7. The van der Waals surface area contributed by atoms with E-state index in [0.717, 1.165) is 34.9 Å². The number of hydrogen-bond donors (Lipinski definition) is 2. The van der Waals surface area contributed by atoms with Crippen LogP contribution in [0, 0.1) is 5.92 Å². The lowest BCUT2D eigenvalue weighted by Gasteiger charge is -2.19. The number of unbranched alkanes of at least 4 members (excludes halogenated alkanes) is 1. The van der Waals surface area contributed by atoms with Gasteiger partial charge in [-0.25, -0.2) is 0 Å². The third kappa shape index (κ3) is 5.65. The number of halogens is 2. The van der Waals surface area contributed by atoms with E-state index in [0.29, 0.717) is 28.6 Å². The molecule has 0 radical (unpaired) electrons. The number of carbonyl (C=O) groups excluding carboxylic acids is 1. The number of rotatable bonds is 11. The number of carboxylic acid groups (broad SMARTS) is 1. The van der Waals surface area contributed by atoms with E-state index in [2.05, 4.69) is 0 Å². The number of aromatic nitrogens is 1. The van der Waals surface area contributed by atoms with Gasteiger partial charge in [0.05, 0.1) is 21.7 Å². The summed E-state index contributed by atoms with van der Waals surface area (Å²) in [6, 6.07) is 12.9. The lowest BCUT2D eigenvalue weighted by Crippen LogP contribution is -2.17. The molecule has 1 unspecified atom stereocenters. The average molecular weight is 504 g/mol. The van der Waals surface area contributed by atoms with Crippen LogP contribution in [-0.4, -0.2) is 33.1 Å². The first-order valence-corrected chi connectivity index (χ1v) is 12.3. The minimum Gasteiger partial charge on any atom is -0.481 e. The lowest BCUT2D eigenvalue weighted by molar-refractivity contribution is -0.139. The zero-order chi connectivity index (χ0) is 25.0. The van der Waals surface area contributed by atoms with Crippen molar-refractivity contribution in [1.29, 1.82) is 0 Å². The Kier molecular flexibility index (Phi) is 8.80. The van der Waals surface area contributed by atoms with Crippen molar-refractivity contribution in [2.45, 2.75) is 51.4 Å². The highest BCUT2D eigenvalue weighted by Crippen LogP contribution is 2.33. The molecule has 3 aromatic rings. The SMILES string of the molecule is CC(C)C(C(=O)O)c1ccc([C@@H](CO)CCCCC(=O)c2cc3c(Cl)c(Cl)ccc3n2C)cc1. The van der Waals surface area contributed by atoms with Gasteiger partial charge in [0, 0.05) is 36.9 Å². The van der Waals surface area contributed by atoms with Crippen LogP contribution in [0.2, 0.25) is 10.0 Å². The first-order chi connectivity index (χ1) is 16.1. The number of fused-ring (bicyclic) bond motifs is 1. The Hall–Kier alpha value is -2.34. The number of aliphatic carboxylic acids is 1. The lowest BCUT2D eigenvalue weighted by atomic mass is 9.86. The van der Waals surface area contributed by atoms with E-state index in [9.17, 15) is 19.8 Å². The highest BCUT2D eigenvalue weighted by Gasteiger charge is 2.24. The van der Waals surface area contributed by atoms with Crippen LogP contribution < -0.4 is 0 Å². The van der Waals surface area contributed by atoms with Crippen molar-refractivity contribution in [3.63, 3.8) is 0 Å². The van der Waals surface area contributed by atoms with Gasteiger partial charge >= 0.3 is 5.97 Å². The Morgan fingerprint density at radius 1 is 1.00 bits per heavy atom. The molecule has 0 saturated heterocycles. The molecule has 3 rings (SSSR count). The molecule has 1 heterocycles. The predicted molar refractivity (Wildman–Crippen MR) is 137 cm³/mol. The maximum Gasteiger partial charge on any atom is 0.311 e. The Morgan fingerprint density at radius 2 is 1.65 bits per heavy atom. The minimum atomic E-state index is -0.831. The Labute approximate surface area is 210 Å². The number of carboxylic acids is 1. The molecule has 7 heteroatoms. The van der Waals surface area contributed by atoms with Crippen molar-refractivity contribution in [3.8, 4) is 0 Å². The molecule has 2 N–H and O–H groups in total. The van der Waals surface area contributed by atoms with Gasteiger partial charge in [-0.05, 0) is 48.1 Å². The van der Waals surface area contributed by atoms with Crippen LogP contribution in [0.1, 0.15) is 73.0 Å². The third-order valence-corrected chi connectivity index (χ3v) is 7.34. The second kappa shape index (κ2) is 11.4. The van der Waals surface area contributed by atoms with E-state index in [-0.39, 0.29) is 24.2 Å². The van der Waals surface area contributed by atoms with E-state index >= 15 is 0 Å². The number of ketones is 1. The molecule has 2 atom stereocenters. The van der Waals surface area contributed by atoms with Gasteiger partial charge in [0.2, 0.25) is 0 Å². The van der Waals surface area contributed by atoms with Crippen molar-refractivity contribution in [1.82, 2.24) is 4.57 Å². The van der Waals surface area contributed by atoms with Gasteiger partial charge in [-0.3, -0.25) is 9.59 Å². The van der Waals surface area contributed by atoms with Crippen molar-refractivity contribution < 1.29 is 19.8 Å². The smallest absolute Gasteiger partial charge is 0.311 e. The van der Waals surface area contributed by atoms with E-state index in [1.54, 1.807) is 12.1 Å². The molecule has 5 nitrogen and oxygen atoms in total. The molecule has 0 spiro atoms. The molecule has 0 bridgehead atoms. The summed E-state index contributed by atoms with van der Waals surface area (Å²) >= 11 is 12.4. The molecular formula is C27H31Cl2NO4. The highest BCUT2D eigenvalue weighted by atomic mass is 35.5. The van der Waals surface area contributed by atoms with Gasteiger partial charge in [0.25, 0.3) is 0 Å². The molecule has 0 saturated carbocycles. The Bertz CT molecular complexity index is 1170. The molecule has 0 amide bonds. The first kappa shape index (κ1) is 26.3. The fourth-order valence-electron chi connectivity index (χ4n) is 4.57. The number of hydrogen-bond acceptors (Lipinski definition) is 3. The van der Waals surface area contributed by atoms with Gasteiger partial charge in [0.15, 0.2) is 5.78 Å². The third-order valence-electron chi connectivity index (χ3n) is 6.53. The number of aliphatic hydroxyl groups is 1. The summed E-state index contributed by atoms with van der Waals surface area (Å²) in [5.74, 6) is -1.39. The van der Waals surface area contributed by atoms with Crippen LogP contribution in [0.4, 0.5) is 0 Å². The maximum absolute atomic E-state index is 12.8. The minimum absolute atomic E-state index is 0.00227. The van der Waals surface area contributed by atoms with E-state index in [4.69, 9.17) is 23.2 Å². The second-order valence-corrected chi connectivity index (χ2v) is 9.94. The number of carbonyl (C=O) groups is 2. The van der Waals surface area contributed by atoms with Gasteiger partial charge in [-0.15, -0.1) is 0 Å². The maximum atomic E-state index is 12.8. The van der Waals surface area contributed by atoms with Crippen molar-refractivity contribution in [3.05, 3.63) is 69.3 Å². The number of benzene rings is 2. The van der Waals surface area contributed by atoms with E-state index in [1.807, 2.05) is 55.8 Å². The first-order valence-electron chi connectivity index (χ1n) is 11.6. The van der Waals surface area contributed by atoms with Crippen molar-refractivity contribution >= 4 is 45.9 Å². The molecule has 0 aliphatic rings. The van der Waals surface area contributed by atoms with Gasteiger partial charge in [-0.2, -0.15) is 0 Å². The number of aryl methyl sites for hydroxylation is 1. The molecule has 1 aromatic heterocycles. The summed E-state index contributed by atoms with van der Waals surface area (Å²) in [4.78, 5) is 24.4. The average Bonchev–Trinajstić information content (AvgIpc) is 3.13. The molecule has 0 aliphatic heterocycles. The van der Waals surface area contributed by atoms with Crippen molar-refractivity contribution in [2.75, 3.05) is 6.61 Å². The number of nitrogens with zero attached hydrogens (tertiary/aromatic N) is 1. The summed E-state index contributed by atoms with van der Waals surface area (Å²) < 4.78 is 1.85. The zero-order valence-corrected chi connectivity index (χ0v) is 21.2. The van der Waals surface area contributed by atoms with Crippen LogP contribution in [-0.2, 0) is 11.8 Å². The van der Waals surface area contributed by atoms with Crippen LogP contribution in [0.15, 0.2) is 42.5 Å². The summed E-state index contributed by atoms with van der Waals surface area (Å²) in [5.41, 5.74) is 3.21. The fourth-order valence-corrected chi connectivity index (χ4v) is 4.95. The Balaban J connectivity index is 1.59. The largest absolute Gasteiger partial charge is 0.481 e. The highest BCUT2D eigenvalue weighted by molar-refractivity contribution is 6.45. The molecule has 0 fully saturated rings. The van der Waals surface area contributed by atoms with Crippen LogP contribution >= 0.6 is 23.2 Å². The molecule has 182 valence electrons. The van der Waals surface area contributed by atoms with Crippen LogP contribution in [0.3, 0.4) is 0 Å². The standard InChI is InChI=1S/C27H31Cl2NO4/c1-16(2)25(27(33)34)18-10-8-17(9-11-18)19(15-31)6-4-5-7-24(32)23-14-20-22(30(23)3)13-12-21(28)26(20)29/h8-14,16,19,25,31H,4-7,15H2,1-3H3,(H,33,34)/t19-,25?/m1/s1. The fraction of sp³-hybridized carbons (Fsp3) is 0.407. The van der Waals surface area contributed by atoms with Crippen LogP contribution in [0.25, 0.3) is 10.9 Å². The van der Waals surface area contributed by atoms with Crippen molar-refractivity contribution in [2.24, 2.45) is 13.0 Å². The summed E-state index contributed by atoms with van der Waals surface area (Å²) in [6.07, 6.45) is 2.64. The van der Waals surface area contributed by atoms with Gasteiger partial charge < -0.3 is 14.8 Å². The van der Waals surface area contributed by atoms with Gasteiger partial charge in [0.1, 0.15) is 0 Å². The van der Waals surface area contributed by atoms with E-state index in [1.165, 1.54) is 0 Å². The quantitative estimate of drug-likeness (QED) is 0.222. The van der Waals surface area contributed by atoms with E-state index < -0.39 is 11.9 Å². The predicted octanol–water partition coefficient (Wildman–Crippen LogP) is 6.83. The molecule has 34 heavy (non-hydrogen) atoms. The molecule has 0 aliphatic carbocycles. The summed E-state index contributed by atoms with van der Waals surface area (Å²) in [5, 5.41) is 21.1. The molecular weight excluding hydrogens is 473 g/mol. The van der Waals surface area contributed by atoms with Crippen LogP contribution in [0.5, 0.6) is 0 Å². The molecule has 2 aromatic carbocycles. The normalized spacial score (nSPS) is 13.4. The Morgan fingerprint density at radius 3 is 2.24 bits per heavy atom. The summed E-state index contributed by atoms with van der Waals surface area (Å²) in [7, 11) is 1.85. The number of aliphatic hydroxyl groups excluding tert-OH is 1. The second-order valence-electron chi connectivity index (χ2n) is 9.16. The monoisotopic (exact) mass is 503 g/mol. The summed E-state index contributed by atoms with van der Waals surface area (Å²) in [6.45, 7) is 3.79. The number of Topliss-reactive ketones (excluding diaryl/α,β-unsaturated/α-hetero) is 1. The topological polar surface area (TPSA) is 79.5 Å². The van der Waals surface area contributed by atoms with Gasteiger partial charge in [-0.1, -0.05) is 67.7 Å².